The van der Waals surface area contributed by atoms with Crippen molar-refractivity contribution in [1.29, 1.82) is 0 Å². The Kier molecular flexibility index (Phi) is 8.40. The first-order valence-electron chi connectivity index (χ1n) is 13.3. The summed E-state index contributed by atoms with van der Waals surface area (Å²) in [4.78, 5) is 2.27. The molecule has 200 valence electrons. The lowest BCUT2D eigenvalue weighted by Crippen LogP contribution is -2.26. The normalized spacial score (nSPS) is 17.6. The molecule has 0 spiro atoms. The number of fused-ring (bicyclic) bond motifs is 1. The molecule has 1 unspecified atom stereocenters. The van der Waals surface area contributed by atoms with Crippen LogP contribution in [0.2, 0.25) is 5.02 Å². The van der Waals surface area contributed by atoms with Crippen molar-refractivity contribution < 1.29 is 18.6 Å². The second kappa shape index (κ2) is 12.1. The molecule has 1 atom stereocenters. The summed E-state index contributed by atoms with van der Waals surface area (Å²) in [6, 6.07) is 19.9. The van der Waals surface area contributed by atoms with E-state index in [0.717, 1.165) is 71.1 Å². The summed E-state index contributed by atoms with van der Waals surface area (Å²) < 4.78 is 30.6. The van der Waals surface area contributed by atoms with Gasteiger partial charge in [-0.25, -0.2) is 0 Å². The molecule has 5 nitrogen and oxygen atoms in total. The van der Waals surface area contributed by atoms with Crippen molar-refractivity contribution in [3.8, 4) is 17.2 Å². The van der Waals surface area contributed by atoms with Crippen LogP contribution in [0, 0.1) is 0 Å². The molecule has 0 aromatic heterocycles. The third kappa shape index (κ3) is 5.92. The monoisotopic (exact) mass is 536 g/mol. The van der Waals surface area contributed by atoms with Crippen LogP contribution in [0.15, 0.2) is 60.7 Å². The molecule has 38 heavy (non-hydrogen) atoms. The zero-order valence-corrected chi connectivity index (χ0v) is 22.5. The van der Waals surface area contributed by atoms with Gasteiger partial charge in [0.15, 0.2) is 0 Å². The average molecular weight is 537 g/mol. The summed E-state index contributed by atoms with van der Waals surface area (Å²) >= 11 is 6.80. The lowest BCUT2D eigenvalue weighted by atomic mass is 9.88. The molecule has 2 aliphatic heterocycles. The molecular weight excluding hydrogens is 503 g/mol. The molecule has 1 fully saturated rings. The molecule has 0 radical (unpaired) electrons. The van der Waals surface area contributed by atoms with E-state index in [1.807, 2.05) is 55.5 Å². The Morgan fingerprint density at radius 1 is 1.05 bits per heavy atom. The molecule has 7 heteroatoms. The highest BCUT2D eigenvalue weighted by Crippen LogP contribution is 2.44. The largest absolute Gasteiger partial charge is 0.494 e. The van der Waals surface area contributed by atoms with E-state index in [4.69, 9.17) is 31.5 Å². The van der Waals surface area contributed by atoms with Gasteiger partial charge in [-0.1, -0.05) is 23.7 Å². The second-order valence-corrected chi connectivity index (χ2v) is 10.1. The molecule has 3 aromatic rings. The minimum Gasteiger partial charge on any atom is -0.494 e. The second-order valence-electron chi connectivity index (χ2n) is 9.68. The van der Waals surface area contributed by atoms with Crippen molar-refractivity contribution in [1.82, 2.24) is 4.90 Å². The average Bonchev–Trinajstić information content (AvgIpc) is 3.27. The third-order valence-electron chi connectivity index (χ3n) is 7.05. The first kappa shape index (κ1) is 26.4. The molecule has 1 saturated heterocycles. The van der Waals surface area contributed by atoms with Crippen LogP contribution < -0.4 is 19.9 Å². The number of benzene rings is 3. The Labute approximate surface area is 228 Å². The molecule has 2 aliphatic rings. The van der Waals surface area contributed by atoms with E-state index in [9.17, 15) is 4.39 Å². The van der Waals surface area contributed by atoms with Crippen molar-refractivity contribution in [3.63, 3.8) is 0 Å². The highest BCUT2D eigenvalue weighted by molar-refractivity contribution is 6.33. The number of hydrogen-bond donors (Lipinski definition) is 1. The standard InChI is InChI=1S/C31H34ClFN2O3/c1-2-36-24-9-11-26(29(32)19-24)27-13-17-37-30-18-22(34)6-10-28(30)31(27)21-4-7-23(8-5-21)38-25-12-16-35(20-25)15-3-14-33/h4-11,18-19,25H,2-3,12-17,20,34H2,1H3. The third-order valence-corrected chi connectivity index (χ3v) is 7.36. The molecule has 0 amide bonds. The van der Waals surface area contributed by atoms with E-state index >= 15 is 0 Å². The van der Waals surface area contributed by atoms with Gasteiger partial charge in [0.25, 0.3) is 0 Å². The van der Waals surface area contributed by atoms with Gasteiger partial charge < -0.3 is 19.9 Å². The number of anilines is 1. The van der Waals surface area contributed by atoms with Crippen molar-refractivity contribution >= 4 is 28.4 Å². The molecule has 2 N–H and O–H groups in total. The van der Waals surface area contributed by atoms with Gasteiger partial charge in [-0.2, -0.15) is 0 Å². The van der Waals surface area contributed by atoms with Crippen LogP contribution >= 0.6 is 11.6 Å². The molecule has 0 saturated carbocycles. The number of nitrogen functional groups attached to an aromatic ring is 1. The first-order valence-corrected chi connectivity index (χ1v) is 13.7. The number of rotatable bonds is 9. The number of nitrogens with zero attached hydrogens (tertiary/aromatic N) is 1. The maximum atomic E-state index is 12.5. The van der Waals surface area contributed by atoms with Crippen LogP contribution in [0.1, 0.15) is 42.9 Å². The van der Waals surface area contributed by atoms with Crippen molar-refractivity contribution in [2.75, 3.05) is 45.3 Å². The molecule has 0 aliphatic carbocycles. The zero-order chi connectivity index (χ0) is 26.5. The van der Waals surface area contributed by atoms with Gasteiger partial charge in [-0.3, -0.25) is 9.29 Å². The van der Waals surface area contributed by atoms with Crippen LogP contribution in [-0.2, 0) is 0 Å². The van der Waals surface area contributed by atoms with E-state index < -0.39 is 0 Å². The number of alkyl halides is 1. The zero-order valence-electron chi connectivity index (χ0n) is 21.7. The summed E-state index contributed by atoms with van der Waals surface area (Å²) in [5.41, 5.74) is 11.9. The smallest absolute Gasteiger partial charge is 0.129 e. The quantitative estimate of drug-likeness (QED) is 0.302. The van der Waals surface area contributed by atoms with E-state index in [0.29, 0.717) is 36.8 Å². The summed E-state index contributed by atoms with van der Waals surface area (Å²) in [5.74, 6) is 2.34. The van der Waals surface area contributed by atoms with Gasteiger partial charge in [0.2, 0.25) is 0 Å². The number of ether oxygens (including phenoxy) is 3. The molecule has 3 aromatic carbocycles. The Bertz CT molecular complexity index is 1290. The number of likely N-dealkylation sites (tertiary alicyclic amines) is 1. The van der Waals surface area contributed by atoms with E-state index in [2.05, 4.69) is 17.0 Å². The van der Waals surface area contributed by atoms with Crippen LogP contribution in [0.3, 0.4) is 0 Å². The van der Waals surface area contributed by atoms with Crippen LogP contribution in [0.5, 0.6) is 17.2 Å². The highest BCUT2D eigenvalue weighted by atomic mass is 35.5. The van der Waals surface area contributed by atoms with E-state index in [-0.39, 0.29) is 12.8 Å². The Balaban J connectivity index is 1.49. The Morgan fingerprint density at radius 3 is 2.61 bits per heavy atom. The topological polar surface area (TPSA) is 57.0 Å². The van der Waals surface area contributed by atoms with Crippen molar-refractivity contribution in [2.24, 2.45) is 0 Å². The van der Waals surface area contributed by atoms with Gasteiger partial charge >= 0.3 is 0 Å². The molecule has 2 heterocycles. The maximum Gasteiger partial charge on any atom is 0.129 e. The molecule has 0 bridgehead atoms. The molecule has 5 rings (SSSR count). The van der Waals surface area contributed by atoms with Crippen molar-refractivity contribution in [3.05, 3.63) is 82.4 Å². The summed E-state index contributed by atoms with van der Waals surface area (Å²) in [5, 5.41) is 0.640. The summed E-state index contributed by atoms with van der Waals surface area (Å²) in [7, 11) is 0. The SMILES string of the molecule is CCOc1ccc(C2=C(c3ccc(OC4CCN(CCCF)C4)cc3)c3ccc(N)cc3OCC2)c(Cl)c1. The van der Waals surface area contributed by atoms with Gasteiger partial charge in [0.1, 0.15) is 23.4 Å². The highest BCUT2D eigenvalue weighted by Gasteiger charge is 2.25. The summed E-state index contributed by atoms with van der Waals surface area (Å²) in [6.07, 6.45) is 2.33. The van der Waals surface area contributed by atoms with Gasteiger partial charge in [0.05, 0.1) is 24.9 Å². The van der Waals surface area contributed by atoms with Gasteiger partial charge in [-0.15, -0.1) is 0 Å². The van der Waals surface area contributed by atoms with Crippen LogP contribution in [0.4, 0.5) is 10.1 Å². The van der Waals surface area contributed by atoms with E-state index in [1.165, 1.54) is 0 Å². The minimum atomic E-state index is -0.274. The number of hydrogen-bond acceptors (Lipinski definition) is 5. The predicted octanol–water partition coefficient (Wildman–Crippen LogP) is 6.88. The van der Waals surface area contributed by atoms with Gasteiger partial charge in [-0.05, 0) is 84.5 Å². The van der Waals surface area contributed by atoms with Gasteiger partial charge in [0, 0.05) is 43.4 Å². The Morgan fingerprint density at radius 2 is 1.84 bits per heavy atom. The van der Waals surface area contributed by atoms with Crippen LogP contribution in [-0.4, -0.2) is 50.5 Å². The predicted molar refractivity (Wildman–Crippen MR) is 152 cm³/mol. The maximum absolute atomic E-state index is 12.5. The lowest BCUT2D eigenvalue weighted by molar-refractivity contribution is 0.198. The number of halogens is 2. The summed E-state index contributed by atoms with van der Waals surface area (Å²) in [6.45, 7) is 5.34. The fourth-order valence-electron chi connectivity index (χ4n) is 5.28. The fraction of sp³-hybridized carbons (Fsp3) is 0.355. The van der Waals surface area contributed by atoms with E-state index in [1.54, 1.807) is 0 Å². The lowest BCUT2D eigenvalue weighted by Gasteiger charge is -2.18. The Hall–Kier alpha value is -3.22. The number of nitrogens with two attached hydrogens (primary N) is 1. The fourth-order valence-corrected chi connectivity index (χ4v) is 5.57. The van der Waals surface area contributed by atoms with Crippen LogP contribution in [0.25, 0.3) is 11.1 Å². The minimum absolute atomic E-state index is 0.118. The molecular formula is C31H34ClFN2O3. The van der Waals surface area contributed by atoms with Crippen molar-refractivity contribution in [2.45, 2.75) is 32.3 Å². The first-order chi connectivity index (χ1) is 18.6.